The number of benzene rings is 1. The van der Waals surface area contributed by atoms with Gasteiger partial charge in [0, 0.05) is 13.0 Å². The van der Waals surface area contributed by atoms with Gasteiger partial charge in [-0.05, 0) is 30.5 Å². The number of nitrogens with two attached hydrogens (primary N) is 1. The number of nitrogens with zero attached hydrogens (tertiary/aromatic N) is 1. The van der Waals surface area contributed by atoms with Crippen LogP contribution in [-0.4, -0.2) is 30.5 Å². The average Bonchev–Trinajstić information content (AvgIpc) is 2.96. The van der Waals surface area contributed by atoms with E-state index in [9.17, 15) is 4.79 Å². The Hall–Kier alpha value is -1.99. The molecule has 1 aromatic rings. The summed E-state index contributed by atoms with van der Waals surface area (Å²) in [6.07, 6.45) is 7.44. The molecule has 0 aliphatic carbocycles. The van der Waals surface area contributed by atoms with Gasteiger partial charge in [-0.1, -0.05) is 12.1 Å². The Labute approximate surface area is 119 Å². The van der Waals surface area contributed by atoms with Crippen LogP contribution in [0.4, 0.5) is 0 Å². The smallest absolute Gasteiger partial charge is 0.240 e. The van der Waals surface area contributed by atoms with Gasteiger partial charge in [-0.25, -0.2) is 0 Å². The van der Waals surface area contributed by atoms with Crippen molar-refractivity contribution in [1.82, 2.24) is 4.90 Å². The number of hydrogen-bond donors (Lipinski definition) is 1. The minimum absolute atomic E-state index is 0.0618. The summed E-state index contributed by atoms with van der Waals surface area (Å²) in [5, 5.41) is 0. The third-order valence-corrected chi connectivity index (χ3v) is 3.67. The van der Waals surface area contributed by atoms with Crippen molar-refractivity contribution in [2.75, 3.05) is 13.7 Å². The number of amides is 1. The molecule has 1 saturated heterocycles. The topological polar surface area (TPSA) is 55.6 Å². The van der Waals surface area contributed by atoms with Gasteiger partial charge in [0.2, 0.25) is 5.91 Å². The molecule has 0 bridgehead atoms. The van der Waals surface area contributed by atoms with Gasteiger partial charge in [0.15, 0.2) is 0 Å². The second kappa shape index (κ2) is 6.44. The zero-order valence-electron chi connectivity index (χ0n) is 11.7. The quantitative estimate of drug-likeness (QED) is 0.849. The van der Waals surface area contributed by atoms with Gasteiger partial charge in [0.25, 0.3) is 0 Å². The lowest BCUT2D eigenvalue weighted by Gasteiger charge is -2.27. The molecule has 1 amide bonds. The van der Waals surface area contributed by atoms with Crippen molar-refractivity contribution in [2.45, 2.75) is 31.3 Å². The normalized spacial score (nSPS) is 19.4. The van der Waals surface area contributed by atoms with E-state index in [-0.39, 0.29) is 18.4 Å². The average molecular weight is 272 g/mol. The molecule has 4 heteroatoms. The molecular formula is C16H20N2O2. The molecule has 1 aliphatic rings. The Kier molecular flexibility index (Phi) is 4.65. The maximum atomic E-state index is 12.3. The zero-order valence-corrected chi connectivity index (χ0v) is 11.7. The van der Waals surface area contributed by atoms with E-state index in [1.807, 2.05) is 29.2 Å². The molecule has 2 N–H and O–H groups in total. The summed E-state index contributed by atoms with van der Waals surface area (Å²) >= 11 is 0. The molecule has 106 valence electrons. The Morgan fingerprint density at radius 1 is 1.65 bits per heavy atom. The summed E-state index contributed by atoms with van der Waals surface area (Å²) in [7, 11) is 1.64. The van der Waals surface area contributed by atoms with Crippen LogP contribution in [0.25, 0.3) is 0 Å². The number of methoxy groups -OCH3 is 1. The molecule has 2 atom stereocenters. The first-order valence-corrected chi connectivity index (χ1v) is 6.81. The molecule has 1 heterocycles. The molecule has 2 unspecified atom stereocenters. The van der Waals surface area contributed by atoms with E-state index in [4.69, 9.17) is 16.9 Å². The first kappa shape index (κ1) is 14.4. The largest absolute Gasteiger partial charge is 0.497 e. The molecular weight excluding hydrogens is 252 g/mol. The van der Waals surface area contributed by atoms with Crippen molar-refractivity contribution in [1.29, 1.82) is 0 Å². The lowest BCUT2D eigenvalue weighted by molar-refractivity contribution is -0.133. The van der Waals surface area contributed by atoms with Gasteiger partial charge < -0.3 is 15.4 Å². The minimum Gasteiger partial charge on any atom is -0.497 e. The van der Waals surface area contributed by atoms with Crippen molar-refractivity contribution in [3.63, 3.8) is 0 Å². The number of terminal acetylenes is 1. The fraction of sp³-hybridized carbons (Fsp3) is 0.438. The molecule has 1 aromatic carbocycles. The van der Waals surface area contributed by atoms with Crippen molar-refractivity contribution in [3.05, 3.63) is 29.8 Å². The van der Waals surface area contributed by atoms with Crippen LogP contribution in [0.2, 0.25) is 0 Å². The minimum atomic E-state index is -0.605. The summed E-state index contributed by atoms with van der Waals surface area (Å²) in [5.74, 6) is 3.19. The van der Waals surface area contributed by atoms with E-state index in [1.54, 1.807) is 7.11 Å². The monoisotopic (exact) mass is 272 g/mol. The molecule has 20 heavy (non-hydrogen) atoms. The number of carbonyl (C=O) groups is 1. The van der Waals surface area contributed by atoms with E-state index < -0.39 is 6.04 Å². The van der Waals surface area contributed by atoms with E-state index in [2.05, 4.69) is 5.92 Å². The Balaban J connectivity index is 2.18. The van der Waals surface area contributed by atoms with Gasteiger partial charge in [-0.3, -0.25) is 4.79 Å². The van der Waals surface area contributed by atoms with Gasteiger partial charge in [-0.2, -0.15) is 0 Å². The van der Waals surface area contributed by atoms with Crippen molar-refractivity contribution < 1.29 is 9.53 Å². The number of rotatable bonds is 4. The van der Waals surface area contributed by atoms with Crippen LogP contribution in [0.3, 0.4) is 0 Å². The van der Waals surface area contributed by atoms with Gasteiger partial charge >= 0.3 is 0 Å². The first-order chi connectivity index (χ1) is 9.67. The summed E-state index contributed by atoms with van der Waals surface area (Å²) in [4.78, 5) is 14.2. The second-order valence-electron chi connectivity index (χ2n) is 4.98. The predicted molar refractivity (Wildman–Crippen MR) is 78.1 cm³/mol. The zero-order chi connectivity index (χ0) is 14.5. The highest BCUT2D eigenvalue weighted by Gasteiger charge is 2.32. The van der Waals surface area contributed by atoms with Crippen LogP contribution in [0.15, 0.2) is 24.3 Å². The molecule has 0 saturated carbocycles. The summed E-state index contributed by atoms with van der Waals surface area (Å²) < 4.78 is 5.24. The van der Waals surface area contributed by atoms with Gasteiger partial charge in [-0.15, -0.1) is 12.3 Å². The summed E-state index contributed by atoms with van der Waals surface area (Å²) in [6, 6.07) is 7.30. The van der Waals surface area contributed by atoms with E-state index in [0.29, 0.717) is 0 Å². The van der Waals surface area contributed by atoms with Crippen molar-refractivity contribution in [3.8, 4) is 18.1 Å². The number of hydrogen-bond acceptors (Lipinski definition) is 3. The SMILES string of the molecule is C#CCC(N)C(=O)N1CCCC1c1cccc(OC)c1. The van der Waals surface area contributed by atoms with Crippen LogP contribution >= 0.6 is 0 Å². The molecule has 1 aliphatic heterocycles. The maximum Gasteiger partial charge on any atom is 0.240 e. The fourth-order valence-electron chi connectivity index (χ4n) is 2.65. The highest BCUT2D eigenvalue weighted by Crippen LogP contribution is 2.33. The highest BCUT2D eigenvalue weighted by atomic mass is 16.5. The summed E-state index contributed by atoms with van der Waals surface area (Å²) in [6.45, 7) is 0.735. The van der Waals surface area contributed by atoms with Crippen LogP contribution in [0.5, 0.6) is 5.75 Å². The number of carbonyl (C=O) groups excluding carboxylic acids is 1. The van der Waals surface area contributed by atoms with Crippen molar-refractivity contribution >= 4 is 5.91 Å². The molecule has 0 spiro atoms. The number of ether oxygens (including phenoxy) is 1. The standard InChI is InChI=1S/C16H20N2O2/c1-3-6-14(17)16(19)18-10-5-9-15(18)12-7-4-8-13(11-12)20-2/h1,4,7-8,11,14-15H,5-6,9-10,17H2,2H3. The molecule has 4 nitrogen and oxygen atoms in total. The predicted octanol–water partition coefficient (Wildman–Crippen LogP) is 1.71. The lowest BCUT2D eigenvalue weighted by atomic mass is 10.0. The van der Waals surface area contributed by atoms with Gasteiger partial charge in [0.1, 0.15) is 5.75 Å². The Bertz CT molecular complexity index is 521. The maximum absolute atomic E-state index is 12.3. The van der Waals surface area contributed by atoms with Crippen molar-refractivity contribution in [2.24, 2.45) is 5.73 Å². The third-order valence-electron chi connectivity index (χ3n) is 3.67. The van der Waals surface area contributed by atoms with Crippen LogP contribution in [0.1, 0.15) is 30.9 Å². The third kappa shape index (κ3) is 2.94. The molecule has 0 aromatic heterocycles. The first-order valence-electron chi connectivity index (χ1n) is 6.81. The number of likely N-dealkylation sites (tertiary alicyclic amines) is 1. The molecule has 1 fully saturated rings. The molecule has 2 rings (SSSR count). The molecule has 0 radical (unpaired) electrons. The van der Waals surface area contributed by atoms with E-state index >= 15 is 0 Å². The Morgan fingerprint density at radius 3 is 3.15 bits per heavy atom. The lowest BCUT2D eigenvalue weighted by Crippen LogP contribution is -2.43. The summed E-state index contributed by atoms with van der Waals surface area (Å²) in [5.41, 5.74) is 6.93. The van der Waals surface area contributed by atoms with Crippen LogP contribution < -0.4 is 10.5 Å². The van der Waals surface area contributed by atoms with Gasteiger partial charge in [0.05, 0.1) is 19.2 Å². The second-order valence-corrected chi connectivity index (χ2v) is 4.98. The van der Waals surface area contributed by atoms with Crippen LogP contribution in [-0.2, 0) is 4.79 Å². The van der Waals surface area contributed by atoms with Crippen LogP contribution in [0, 0.1) is 12.3 Å². The van der Waals surface area contributed by atoms with E-state index in [1.165, 1.54) is 0 Å². The fourth-order valence-corrected chi connectivity index (χ4v) is 2.65. The van der Waals surface area contributed by atoms with E-state index in [0.717, 1.165) is 30.7 Å². The highest BCUT2D eigenvalue weighted by molar-refractivity contribution is 5.82. The Morgan fingerprint density at radius 2 is 2.45 bits per heavy atom.